The zero-order valence-electron chi connectivity index (χ0n) is 10.4. The highest BCUT2D eigenvalue weighted by Gasteiger charge is 1.97. The molecule has 2 rings (SSSR count). The van der Waals surface area contributed by atoms with Gasteiger partial charge in [-0.3, -0.25) is 4.98 Å². The number of rotatable bonds is 6. The maximum Gasteiger partial charge on any atom is 0.138 e. The molecule has 0 spiro atoms. The summed E-state index contributed by atoms with van der Waals surface area (Å²) in [6.45, 7) is 1.19. The molecule has 1 heterocycles. The van der Waals surface area contributed by atoms with Crippen molar-refractivity contribution in [3.63, 3.8) is 0 Å². The highest BCUT2D eigenvalue weighted by atomic mass is 79.9. The third-order valence-corrected chi connectivity index (χ3v) is 2.82. The van der Waals surface area contributed by atoms with Crippen LogP contribution in [-0.2, 0) is 0 Å². The lowest BCUT2D eigenvalue weighted by Gasteiger charge is -2.08. The van der Waals surface area contributed by atoms with E-state index in [0.717, 1.165) is 28.1 Å². The zero-order valence-corrected chi connectivity index (χ0v) is 12.0. The van der Waals surface area contributed by atoms with E-state index >= 15 is 0 Å². The van der Waals surface area contributed by atoms with Crippen LogP contribution in [0.15, 0.2) is 47.2 Å². The Balaban J connectivity index is 1.66. The van der Waals surface area contributed by atoms with Gasteiger partial charge in [0.05, 0.1) is 19.4 Å². The third kappa shape index (κ3) is 4.79. The molecule has 0 radical (unpaired) electrons. The van der Waals surface area contributed by atoms with Crippen LogP contribution < -0.4 is 15.2 Å². The molecule has 2 aromatic rings. The molecule has 0 atom stereocenters. The lowest BCUT2D eigenvalue weighted by atomic mass is 10.3. The number of benzene rings is 1. The van der Waals surface area contributed by atoms with Crippen LogP contribution in [0, 0.1) is 0 Å². The number of ether oxygens (including phenoxy) is 2. The molecule has 19 heavy (non-hydrogen) atoms. The molecule has 0 aliphatic carbocycles. The summed E-state index contributed by atoms with van der Waals surface area (Å²) in [6.07, 6.45) is 4.21. The van der Waals surface area contributed by atoms with Crippen molar-refractivity contribution in [1.29, 1.82) is 0 Å². The molecule has 0 aliphatic heterocycles. The first-order chi connectivity index (χ1) is 9.24. The minimum absolute atomic E-state index is 0.590. The van der Waals surface area contributed by atoms with Crippen LogP contribution in [0.2, 0.25) is 0 Å². The maximum absolute atomic E-state index is 5.59. The predicted molar refractivity (Wildman–Crippen MR) is 78.4 cm³/mol. The lowest BCUT2D eigenvalue weighted by molar-refractivity contribution is 0.247. The van der Waals surface area contributed by atoms with Crippen LogP contribution in [0.3, 0.4) is 0 Å². The number of hydrogen-bond donors (Lipinski definition) is 1. The fourth-order valence-electron chi connectivity index (χ4n) is 1.47. The van der Waals surface area contributed by atoms with Crippen molar-refractivity contribution >= 4 is 21.6 Å². The van der Waals surface area contributed by atoms with E-state index < -0.39 is 0 Å². The number of pyridine rings is 1. The minimum Gasteiger partial charge on any atom is -0.493 e. The number of nitrogens with zero attached hydrogens (tertiary/aromatic N) is 1. The van der Waals surface area contributed by atoms with Gasteiger partial charge in [-0.25, -0.2) is 0 Å². The topological polar surface area (TPSA) is 57.4 Å². The molecular formula is C14H15BrN2O2. The summed E-state index contributed by atoms with van der Waals surface area (Å²) in [7, 11) is 0. The number of nitrogen functional groups attached to an aromatic ring is 1. The molecule has 0 aliphatic rings. The van der Waals surface area contributed by atoms with Gasteiger partial charge >= 0.3 is 0 Å². The van der Waals surface area contributed by atoms with Crippen molar-refractivity contribution in [2.45, 2.75) is 6.42 Å². The van der Waals surface area contributed by atoms with Gasteiger partial charge in [0.2, 0.25) is 0 Å². The highest BCUT2D eigenvalue weighted by molar-refractivity contribution is 9.10. The van der Waals surface area contributed by atoms with Crippen molar-refractivity contribution in [3.05, 3.63) is 47.2 Å². The summed E-state index contributed by atoms with van der Waals surface area (Å²) in [5.41, 5.74) is 6.33. The summed E-state index contributed by atoms with van der Waals surface area (Å²) in [6, 6.07) is 9.23. The maximum atomic E-state index is 5.59. The Kier molecular flexibility index (Phi) is 5.03. The Labute approximate surface area is 120 Å². The summed E-state index contributed by atoms with van der Waals surface area (Å²) in [4.78, 5) is 4.02. The number of hydrogen-bond acceptors (Lipinski definition) is 4. The molecule has 0 unspecified atom stereocenters. The van der Waals surface area contributed by atoms with Crippen LogP contribution >= 0.6 is 15.9 Å². The molecule has 1 aromatic carbocycles. The average molecular weight is 323 g/mol. The fraction of sp³-hybridized carbons (Fsp3) is 0.214. The lowest BCUT2D eigenvalue weighted by Crippen LogP contribution is -2.05. The van der Waals surface area contributed by atoms with Crippen molar-refractivity contribution < 1.29 is 9.47 Å². The van der Waals surface area contributed by atoms with Crippen molar-refractivity contribution in [3.8, 4) is 11.5 Å². The molecule has 4 nitrogen and oxygen atoms in total. The first kappa shape index (κ1) is 13.7. The Morgan fingerprint density at radius 3 is 2.37 bits per heavy atom. The van der Waals surface area contributed by atoms with Gasteiger partial charge in [-0.2, -0.15) is 0 Å². The van der Waals surface area contributed by atoms with Gasteiger partial charge < -0.3 is 15.2 Å². The number of aromatic nitrogens is 1. The quantitative estimate of drug-likeness (QED) is 0.655. The van der Waals surface area contributed by atoms with Gasteiger partial charge in [-0.15, -0.1) is 0 Å². The second-order valence-corrected chi connectivity index (χ2v) is 4.87. The highest BCUT2D eigenvalue weighted by Crippen LogP contribution is 2.16. The third-order valence-electron chi connectivity index (χ3n) is 2.39. The van der Waals surface area contributed by atoms with Crippen LogP contribution in [0.1, 0.15) is 6.42 Å². The Hall–Kier alpha value is -1.75. The molecule has 2 N–H and O–H groups in total. The van der Waals surface area contributed by atoms with Gasteiger partial charge in [-0.1, -0.05) is 0 Å². The first-order valence-corrected chi connectivity index (χ1v) is 6.75. The van der Waals surface area contributed by atoms with Crippen molar-refractivity contribution in [2.24, 2.45) is 0 Å². The van der Waals surface area contributed by atoms with E-state index in [1.165, 1.54) is 0 Å². The second-order valence-electron chi connectivity index (χ2n) is 3.96. The normalized spacial score (nSPS) is 10.2. The second kappa shape index (κ2) is 6.99. The largest absolute Gasteiger partial charge is 0.493 e. The SMILES string of the molecule is Nc1ccc(OCCCOc2cncc(Br)c2)cc1. The first-order valence-electron chi connectivity index (χ1n) is 5.96. The smallest absolute Gasteiger partial charge is 0.138 e. The van der Waals surface area contributed by atoms with Crippen LogP contribution in [0.25, 0.3) is 0 Å². The van der Waals surface area contributed by atoms with Gasteiger partial charge in [0, 0.05) is 22.8 Å². The van der Waals surface area contributed by atoms with Crippen molar-refractivity contribution in [1.82, 2.24) is 4.98 Å². The molecule has 5 heteroatoms. The van der Waals surface area contributed by atoms with Crippen LogP contribution in [0.4, 0.5) is 5.69 Å². The average Bonchev–Trinajstić information content (AvgIpc) is 2.41. The molecule has 100 valence electrons. The summed E-state index contributed by atoms with van der Waals surface area (Å²) < 4.78 is 12.0. The Morgan fingerprint density at radius 1 is 1.00 bits per heavy atom. The van der Waals surface area contributed by atoms with Gasteiger partial charge in [-0.05, 0) is 46.3 Å². The molecule has 0 saturated heterocycles. The van der Waals surface area contributed by atoms with E-state index in [2.05, 4.69) is 20.9 Å². The van der Waals surface area contributed by atoms with E-state index in [1.54, 1.807) is 12.4 Å². The van der Waals surface area contributed by atoms with E-state index in [-0.39, 0.29) is 0 Å². The van der Waals surface area contributed by atoms with Gasteiger partial charge in [0.25, 0.3) is 0 Å². The molecule has 1 aromatic heterocycles. The van der Waals surface area contributed by atoms with E-state index in [1.807, 2.05) is 30.3 Å². The zero-order chi connectivity index (χ0) is 13.5. The number of halogens is 1. The molecule has 0 saturated carbocycles. The van der Waals surface area contributed by atoms with E-state index in [9.17, 15) is 0 Å². The predicted octanol–water partition coefficient (Wildman–Crippen LogP) is 3.27. The number of anilines is 1. The van der Waals surface area contributed by atoms with Crippen molar-refractivity contribution in [2.75, 3.05) is 18.9 Å². The van der Waals surface area contributed by atoms with Gasteiger partial charge in [0.1, 0.15) is 11.5 Å². The number of nitrogens with two attached hydrogens (primary N) is 1. The molecule has 0 bridgehead atoms. The summed E-state index contributed by atoms with van der Waals surface area (Å²) in [5.74, 6) is 1.57. The molecule has 0 fully saturated rings. The summed E-state index contributed by atoms with van der Waals surface area (Å²) >= 11 is 3.34. The minimum atomic E-state index is 0.590. The molecule has 0 amide bonds. The summed E-state index contributed by atoms with van der Waals surface area (Å²) in [5, 5.41) is 0. The van der Waals surface area contributed by atoms with E-state index in [0.29, 0.717) is 13.2 Å². The Bertz CT molecular complexity index is 517. The van der Waals surface area contributed by atoms with Crippen LogP contribution in [-0.4, -0.2) is 18.2 Å². The van der Waals surface area contributed by atoms with Gasteiger partial charge in [0.15, 0.2) is 0 Å². The molecular weight excluding hydrogens is 308 g/mol. The fourth-order valence-corrected chi connectivity index (χ4v) is 1.82. The monoisotopic (exact) mass is 322 g/mol. The standard InChI is InChI=1S/C14H15BrN2O2/c15-11-8-14(10-17-9-11)19-7-1-6-18-13-4-2-12(16)3-5-13/h2-5,8-10H,1,6-7,16H2. The van der Waals surface area contributed by atoms with E-state index in [4.69, 9.17) is 15.2 Å². The van der Waals surface area contributed by atoms with Crippen LogP contribution in [0.5, 0.6) is 11.5 Å². The Morgan fingerprint density at radius 2 is 1.68 bits per heavy atom.